The summed E-state index contributed by atoms with van der Waals surface area (Å²) in [5, 5.41) is 16.1. The molecular weight excluding hydrogens is 200 g/mol. The van der Waals surface area contributed by atoms with Crippen molar-refractivity contribution < 1.29 is 14.3 Å². The minimum absolute atomic E-state index is 0.135. The van der Waals surface area contributed by atoms with Crippen LogP contribution in [-0.4, -0.2) is 27.8 Å². The maximum absolute atomic E-state index is 10.6. The maximum Gasteiger partial charge on any atom is 0.235 e. The van der Waals surface area contributed by atoms with E-state index in [-0.39, 0.29) is 24.8 Å². The molecule has 1 aromatic rings. The fourth-order valence-electron chi connectivity index (χ4n) is 1.06. The molecule has 0 fully saturated rings. The van der Waals surface area contributed by atoms with Gasteiger partial charge < -0.3 is 21.0 Å². The van der Waals surface area contributed by atoms with Crippen molar-refractivity contribution in [2.45, 2.75) is 25.3 Å². The number of nitrogens with zero attached hydrogens (tertiary/aromatic N) is 2. The van der Waals surface area contributed by atoms with Gasteiger partial charge in [-0.2, -0.15) is 0 Å². The Balaban J connectivity index is 2.70. The lowest BCUT2D eigenvalue weighted by Gasteiger charge is -2.03. The Morgan fingerprint density at radius 1 is 1.53 bits per heavy atom. The Hall–Kier alpha value is -1.47. The maximum atomic E-state index is 10.6. The van der Waals surface area contributed by atoms with Crippen LogP contribution in [0.1, 0.15) is 37.1 Å². The van der Waals surface area contributed by atoms with E-state index in [1.165, 1.54) is 0 Å². The highest BCUT2D eigenvalue weighted by Crippen LogP contribution is 2.18. The van der Waals surface area contributed by atoms with E-state index >= 15 is 0 Å². The van der Waals surface area contributed by atoms with Crippen LogP contribution in [0.15, 0.2) is 4.42 Å². The number of primary amides is 1. The van der Waals surface area contributed by atoms with E-state index in [1.54, 1.807) is 6.92 Å². The van der Waals surface area contributed by atoms with Crippen LogP contribution in [0.2, 0.25) is 0 Å². The summed E-state index contributed by atoms with van der Waals surface area (Å²) in [6.45, 7) is 1.47. The Morgan fingerprint density at radius 2 is 2.13 bits per heavy atom. The van der Waals surface area contributed by atoms with Gasteiger partial charge in [0.2, 0.25) is 17.7 Å². The number of carbonyl (C=O) groups is 1. The van der Waals surface area contributed by atoms with Crippen LogP contribution >= 0.6 is 0 Å². The average molecular weight is 214 g/mol. The van der Waals surface area contributed by atoms with Crippen LogP contribution in [0.3, 0.4) is 0 Å². The molecule has 2 atom stereocenters. The molecular formula is C8H14N4O3. The zero-order valence-corrected chi connectivity index (χ0v) is 8.38. The quantitative estimate of drug-likeness (QED) is 0.579. The predicted molar refractivity (Wildman–Crippen MR) is 50.5 cm³/mol. The van der Waals surface area contributed by atoms with Crippen LogP contribution in [0.4, 0.5) is 0 Å². The summed E-state index contributed by atoms with van der Waals surface area (Å²) in [6.07, 6.45) is 0.135. The highest BCUT2D eigenvalue weighted by molar-refractivity contribution is 5.74. The molecule has 1 rings (SSSR count). The first-order valence-electron chi connectivity index (χ1n) is 4.52. The summed E-state index contributed by atoms with van der Waals surface area (Å²) in [6, 6.07) is -0.688. The first-order chi connectivity index (χ1) is 7.04. The van der Waals surface area contributed by atoms with Gasteiger partial charge in [0.25, 0.3) is 0 Å². The highest BCUT2D eigenvalue weighted by atomic mass is 16.4. The number of hydrogen-bond acceptors (Lipinski definition) is 6. The topological polar surface area (TPSA) is 128 Å². The zero-order valence-electron chi connectivity index (χ0n) is 8.38. The van der Waals surface area contributed by atoms with Crippen molar-refractivity contribution in [1.82, 2.24) is 10.2 Å². The second-order valence-corrected chi connectivity index (χ2v) is 3.34. The van der Waals surface area contributed by atoms with Gasteiger partial charge in [-0.15, -0.1) is 10.2 Å². The molecule has 1 amide bonds. The van der Waals surface area contributed by atoms with Gasteiger partial charge in [-0.3, -0.25) is 4.79 Å². The predicted octanol–water partition coefficient (Wildman–Crippen LogP) is -0.959. The number of amides is 1. The summed E-state index contributed by atoms with van der Waals surface area (Å²) >= 11 is 0. The van der Waals surface area contributed by atoms with E-state index in [2.05, 4.69) is 10.2 Å². The lowest BCUT2D eigenvalue weighted by molar-refractivity contribution is -0.118. The number of aliphatic hydroxyl groups excluding tert-OH is 1. The standard InChI is InChI=1S/C8H14N4O3/c1-4(2-6(10)14)7-11-12-8(15-7)5(9)3-13/h4-5,13H,2-3,9H2,1H3,(H2,10,14)/t4-,5-/m0/s1. The molecule has 0 aromatic carbocycles. The fraction of sp³-hybridized carbons (Fsp3) is 0.625. The number of nitrogens with two attached hydrogens (primary N) is 2. The normalized spacial score (nSPS) is 14.9. The Kier molecular flexibility index (Phi) is 3.75. The summed E-state index contributed by atoms with van der Waals surface area (Å²) < 4.78 is 5.18. The van der Waals surface area contributed by atoms with E-state index in [0.717, 1.165) is 0 Å². The molecule has 0 saturated heterocycles. The molecule has 0 unspecified atom stereocenters. The molecule has 0 spiro atoms. The molecule has 5 N–H and O–H groups in total. The molecule has 84 valence electrons. The van der Waals surface area contributed by atoms with Crippen molar-refractivity contribution in [3.8, 4) is 0 Å². The van der Waals surface area contributed by atoms with Gasteiger partial charge >= 0.3 is 0 Å². The third-order valence-corrected chi connectivity index (χ3v) is 1.90. The third-order valence-electron chi connectivity index (χ3n) is 1.90. The summed E-state index contributed by atoms with van der Waals surface area (Å²) in [4.78, 5) is 10.6. The van der Waals surface area contributed by atoms with Crippen LogP contribution in [-0.2, 0) is 4.79 Å². The number of aromatic nitrogens is 2. The zero-order chi connectivity index (χ0) is 11.4. The minimum atomic E-state index is -0.688. The molecule has 0 aliphatic heterocycles. The minimum Gasteiger partial charge on any atom is -0.423 e. The molecule has 0 aliphatic carbocycles. The van der Waals surface area contributed by atoms with Crippen LogP contribution in [0.25, 0.3) is 0 Å². The van der Waals surface area contributed by atoms with E-state index in [1.807, 2.05) is 0 Å². The molecule has 0 radical (unpaired) electrons. The smallest absolute Gasteiger partial charge is 0.235 e. The summed E-state index contributed by atoms with van der Waals surface area (Å²) in [7, 11) is 0. The summed E-state index contributed by atoms with van der Waals surface area (Å²) in [5.41, 5.74) is 10.5. The van der Waals surface area contributed by atoms with Gasteiger partial charge in [-0.25, -0.2) is 0 Å². The number of aliphatic hydroxyl groups is 1. The molecule has 0 bridgehead atoms. The molecule has 7 nitrogen and oxygen atoms in total. The lowest BCUT2D eigenvalue weighted by Crippen LogP contribution is -2.15. The monoisotopic (exact) mass is 214 g/mol. The first kappa shape index (κ1) is 11.6. The van der Waals surface area contributed by atoms with Crippen LogP contribution < -0.4 is 11.5 Å². The van der Waals surface area contributed by atoms with E-state index in [4.69, 9.17) is 21.0 Å². The molecule has 0 saturated carbocycles. The number of rotatable bonds is 5. The second kappa shape index (κ2) is 4.85. The molecule has 1 aromatic heterocycles. The molecule has 15 heavy (non-hydrogen) atoms. The Morgan fingerprint density at radius 3 is 2.67 bits per heavy atom. The van der Waals surface area contributed by atoms with Crippen LogP contribution in [0, 0.1) is 0 Å². The van der Waals surface area contributed by atoms with E-state index in [9.17, 15) is 4.79 Å². The number of carbonyl (C=O) groups excluding carboxylic acids is 1. The second-order valence-electron chi connectivity index (χ2n) is 3.34. The van der Waals surface area contributed by atoms with Gasteiger partial charge in [0.05, 0.1) is 6.61 Å². The average Bonchev–Trinajstić information content (AvgIpc) is 2.64. The van der Waals surface area contributed by atoms with Gasteiger partial charge in [-0.05, 0) is 0 Å². The van der Waals surface area contributed by atoms with E-state index in [0.29, 0.717) is 5.89 Å². The third kappa shape index (κ3) is 3.00. The number of hydrogen-bond donors (Lipinski definition) is 3. The van der Waals surface area contributed by atoms with Gasteiger partial charge in [0, 0.05) is 12.3 Å². The van der Waals surface area contributed by atoms with E-state index < -0.39 is 11.9 Å². The van der Waals surface area contributed by atoms with Gasteiger partial charge in [-0.1, -0.05) is 6.92 Å². The van der Waals surface area contributed by atoms with Gasteiger partial charge in [0.15, 0.2) is 0 Å². The summed E-state index contributed by atoms with van der Waals surface area (Å²) in [5.74, 6) is -0.222. The van der Waals surface area contributed by atoms with Crippen molar-refractivity contribution in [2.75, 3.05) is 6.61 Å². The first-order valence-corrected chi connectivity index (χ1v) is 4.52. The Labute approximate surface area is 86.5 Å². The SMILES string of the molecule is C[C@@H](CC(N)=O)c1nnc([C@@H](N)CO)o1. The van der Waals surface area contributed by atoms with Gasteiger partial charge in [0.1, 0.15) is 6.04 Å². The Bertz CT molecular complexity index is 338. The fourth-order valence-corrected chi connectivity index (χ4v) is 1.06. The van der Waals surface area contributed by atoms with Crippen molar-refractivity contribution >= 4 is 5.91 Å². The molecule has 1 heterocycles. The van der Waals surface area contributed by atoms with Crippen molar-refractivity contribution in [3.63, 3.8) is 0 Å². The molecule has 7 heteroatoms. The van der Waals surface area contributed by atoms with Crippen molar-refractivity contribution in [2.24, 2.45) is 11.5 Å². The van der Waals surface area contributed by atoms with Crippen LogP contribution in [0.5, 0.6) is 0 Å². The van der Waals surface area contributed by atoms with Crippen molar-refractivity contribution in [1.29, 1.82) is 0 Å². The molecule has 0 aliphatic rings. The largest absolute Gasteiger partial charge is 0.423 e. The lowest BCUT2D eigenvalue weighted by atomic mass is 10.1. The van der Waals surface area contributed by atoms with Crippen molar-refractivity contribution in [3.05, 3.63) is 11.8 Å². The highest BCUT2D eigenvalue weighted by Gasteiger charge is 2.18.